The van der Waals surface area contributed by atoms with Crippen molar-refractivity contribution >= 4 is 5.97 Å². The monoisotopic (exact) mass is 282 g/mol. The first-order chi connectivity index (χ1) is 9.76. The van der Waals surface area contributed by atoms with Crippen molar-refractivity contribution in [3.8, 4) is 0 Å². The van der Waals surface area contributed by atoms with E-state index in [2.05, 4.69) is 10.1 Å². The van der Waals surface area contributed by atoms with Crippen molar-refractivity contribution in [3.05, 3.63) is 11.7 Å². The van der Waals surface area contributed by atoms with Crippen LogP contribution >= 0.6 is 0 Å². The van der Waals surface area contributed by atoms with Crippen LogP contribution in [0.5, 0.6) is 0 Å². The van der Waals surface area contributed by atoms with E-state index in [0.29, 0.717) is 18.3 Å². The minimum atomic E-state index is -0.579. The summed E-state index contributed by atoms with van der Waals surface area (Å²) in [5.74, 6) is 0.186. The molecule has 0 aromatic carbocycles. The molecule has 1 saturated carbocycles. The number of ether oxygens (including phenoxy) is 2. The third-order valence-corrected chi connectivity index (χ3v) is 3.57. The van der Waals surface area contributed by atoms with E-state index in [9.17, 15) is 4.79 Å². The van der Waals surface area contributed by atoms with Crippen LogP contribution in [-0.4, -0.2) is 29.3 Å². The average molecular weight is 282 g/mol. The zero-order valence-electron chi connectivity index (χ0n) is 12.1. The van der Waals surface area contributed by atoms with Gasteiger partial charge in [-0.3, -0.25) is 0 Å². The summed E-state index contributed by atoms with van der Waals surface area (Å²) in [6.45, 7) is 4.56. The lowest BCUT2D eigenvalue weighted by Gasteiger charge is -2.27. The third-order valence-electron chi connectivity index (χ3n) is 3.57. The van der Waals surface area contributed by atoms with Crippen LogP contribution in [0.3, 0.4) is 0 Å². The quantitative estimate of drug-likeness (QED) is 0.747. The molecule has 1 aromatic rings. The summed E-state index contributed by atoms with van der Waals surface area (Å²) in [5, 5.41) is 3.90. The van der Waals surface area contributed by atoms with Crippen molar-refractivity contribution in [3.63, 3.8) is 0 Å². The van der Waals surface area contributed by atoms with Crippen LogP contribution in [0.4, 0.5) is 0 Å². The highest BCUT2D eigenvalue weighted by Gasteiger charge is 2.30. The predicted octanol–water partition coefficient (Wildman–Crippen LogP) is 2.90. The Bertz CT molecular complexity index is 427. The van der Waals surface area contributed by atoms with Crippen molar-refractivity contribution in [2.45, 2.75) is 52.1 Å². The Morgan fingerprint density at radius 1 is 1.30 bits per heavy atom. The van der Waals surface area contributed by atoms with Gasteiger partial charge in [0, 0.05) is 6.61 Å². The maximum absolute atomic E-state index is 11.6. The molecule has 20 heavy (non-hydrogen) atoms. The highest BCUT2D eigenvalue weighted by Crippen LogP contribution is 2.35. The zero-order valence-corrected chi connectivity index (χ0v) is 12.1. The lowest BCUT2D eigenvalue weighted by molar-refractivity contribution is -0.00145. The van der Waals surface area contributed by atoms with Gasteiger partial charge in [-0.25, -0.2) is 4.79 Å². The molecular formula is C14H22N2O4. The molecule has 1 aliphatic carbocycles. The Balaban J connectivity index is 2.10. The largest absolute Gasteiger partial charge is 0.459 e. The number of aromatic nitrogens is 2. The van der Waals surface area contributed by atoms with Crippen LogP contribution < -0.4 is 0 Å². The molecule has 0 aliphatic heterocycles. The summed E-state index contributed by atoms with van der Waals surface area (Å²) in [6.07, 6.45) is 5.71. The lowest BCUT2D eigenvalue weighted by Crippen LogP contribution is -2.20. The van der Waals surface area contributed by atoms with E-state index in [-0.39, 0.29) is 18.6 Å². The zero-order chi connectivity index (χ0) is 14.4. The maximum Gasteiger partial charge on any atom is 0.397 e. The van der Waals surface area contributed by atoms with Gasteiger partial charge in [-0.05, 0) is 32.6 Å². The van der Waals surface area contributed by atoms with Gasteiger partial charge < -0.3 is 14.0 Å². The van der Waals surface area contributed by atoms with E-state index in [1.807, 2.05) is 6.92 Å². The Morgan fingerprint density at radius 2 is 2.05 bits per heavy atom. The fourth-order valence-corrected chi connectivity index (χ4v) is 2.66. The van der Waals surface area contributed by atoms with Gasteiger partial charge in [0.25, 0.3) is 0 Å². The maximum atomic E-state index is 11.6. The van der Waals surface area contributed by atoms with Crippen LogP contribution in [0.1, 0.15) is 68.6 Å². The number of carbonyl (C=O) groups excluding carboxylic acids is 1. The molecule has 6 heteroatoms. The van der Waals surface area contributed by atoms with Crippen LogP contribution in [0.2, 0.25) is 0 Å². The van der Waals surface area contributed by atoms with E-state index in [0.717, 1.165) is 12.8 Å². The van der Waals surface area contributed by atoms with Crippen molar-refractivity contribution in [2.75, 3.05) is 13.2 Å². The molecule has 0 radical (unpaired) electrons. The van der Waals surface area contributed by atoms with Crippen LogP contribution in [0.25, 0.3) is 0 Å². The summed E-state index contributed by atoms with van der Waals surface area (Å²) in [4.78, 5) is 15.7. The van der Waals surface area contributed by atoms with Crippen molar-refractivity contribution in [1.29, 1.82) is 0 Å². The molecule has 1 atom stereocenters. The number of hydrogen-bond acceptors (Lipinski definition) is 6. The van der Waals surface area contributed by atoms with Gasteiger partial charge in [-0.1, -0.05) is 24.4 Å². The Hall–Kier alpha value is -1.43. The Morgan fingerprint density at radius 3 is 2.70 bits per heavy atom. The second-order valence-corrected chi connectivity index (χ2v) is 4.95. The van der Waals surface area contributed by atoms with E-state index in [1.54, 1.807) is 6.92 Å². The van der Waals surface area contributed by atoms with E-state index in [4.69, 9.17) is 14.0 Å². The van der Waals surface area contributed by atoms with Gasteiger partial charge in [0.2, 0.25) is 5.82 Å². The topological polar surface area (TPSA) is 74.5 Å². The van der Waals surface area contributed by atoms with Gasteiger partial charge in [-0.2, -0.15) is 4.98 Å². The van der Waals surface area contributed by atoms with Gasteiger partial charge in [0.05, 0.1) is 6.61 Å². The molecule has 1 fully saturated rings. The molecule has 2 rings (SSSR count). The summed E-state index contributed by atoms with van der Waals surface area (Å²) < 4.78 is 15.6. The minimum Gasteiger partial charge on any atom is -0.459 e. The highest BCUT2D eigenvalue weighted by molar-refractivity contribution is 5.83. The SMILES string of the molecule is CCOC(=O)c1nc(C(OCC)C2CCCCC2)no1. The third kappa shape index (κ3) is 3.56. The molecule has 0 amide bonds. The van der Waals surface area contributed by atoms with Gasteiger partial charge >= 0.3 is 11.9 Å². The normalized spacial score (nSPS) is 17.9. The summed E-state index contributed by atoms with van der Waals surface area (Å²) in [7, 11) is 0. The lowest BCUT2D eigenvalue weighted by atomic mass is 9.85. The van der Waals surface area contributed by atoms with E-state index >= 15 is 0 Å². The summed E-state index contributed by atoms with van der Waals surface area (Å²) in [5.41, 5.74) is 0. The fourth-order valence-electron chi connectivity index (χ4n) is 2.66. The molecule has 1 aromatic heterocycles. The van der Waals surface area contributed by atoms with Gasteiger partial charge in [0.15, 0.2) is 0 Å². The van der Waals surface area contributed by atoms with E-state index in [1.165, 1.54) is 19.3 Å². The second kappa shape index (κ2) is 7.38. The summed E-state index contributed by atoms with van der Waals surface area (Å²) in [6, 6.07) is 0. The second-order valence-electron chi connectivity index (χ2n) is 4.95. The van der Waals surface area contributed by atoms with Crippen LogP contribution in [0, 0.1) is 5.92 Å². The van der Waals surface area contributed by atoms with Crippen molar-refractivity contribution in [2.24, 2.45) is 5.92 Å². The molecule has 0 saturated heterocycles. The van der Waals surface area contributed by atoms with Gasteiger partial charge in [0.1, 0.15) is 6.10 Å². The first kappa shape index (κ1) is 15.0. The molecular weight excluding hydrogens is 260 g/mol. The molecule has 0 spiro atoms. The smallest absolute Gasteiger partial charge is 0.397 e. The molecule has 1 heterocycles. The Labute approximate surface area is 118 Å². The molecule has 1 unspecified atom stereocenters. The number of carbonyl (C=O) groups is 1. The number of hydrogen-bond donors (Lipinski definition) is 0. The molecule has 1 aliphatic rings. The number of rotatable bonds is 6. The summed E-state index contributed by atoms with van der Waals surface area (Å²) >= 11 is 0. The van der Waals surface area contributed by atoms with Crippen molar-refractivity contribution in [1.82, 2.24) is 10.1 Å². The molecule has 0 bridgehead atoms. The predicted molar refractivity (Wildman–Crippen MR) is 71.2 cm³/mol. The minimum absolute atomic E-state index is 0.0950. The first-order valence-corrected chi connectivity index (χ1v) is 7.38. The molecule has 0 N–H and O–H groups in total. The average Bonchev–Trinajstić information content (AvgIpc) is 2.95. The van der Waals surface area contributed by atoms with E-state index < -0.39 is 5.97 Å². The Kier molecular flexibility index (Phi) is 5.52. The van der Waals surface area contributed by atoms with Crippen molar-refractivity contribution < 1.29 is 18.8 Å². The molecule has 6 nitrogen and oxygen atoms in total. The number of esters is 1. The van der Waals surface area contributed by atoms with Gasteiger partial charge in [-0.15, -0.1) is 0 Å². The standard InChI is InChI=1S/C14H22N2O4/c1-3-18-11(10-8-6-5-7-9-10)12-15-13(20-16-12)14(17)19-4-2/h10-11H,3-9H2,1-2H3. The fraction of sp³-hybridized carbons (Fsp3) is 0.786. The first-order valence-electron chi connectivity index (χ1n) is 7.38. The van der Waals surface area contributed by atoms with Crippen LogP contribution in [0.15, 0.2) is 4.52 Å². The molecule has 112 valence electrons. The highest BCUT2D eigenvalue weighted by atomic mass is 16.6. The number of nitrogens with zero attached hydrogens (tertiary/aromatic N) is 2. The van der Waals surface area contributed by atoms with Crippen LogP contribution in [-0.2, 0) is 9.47 Å².